The molecule has 0 aliphatic rings. The van der Waals surface area contributed by atoms with Crippen molar-refractivity contribution in [3.63, 3.8) is 0 Å². The monoisotopic (exact) mass is 232 g/mol. The number of aliphatic hydroxyl groups is 2. The van der Waals surface area contributed by atoms with Crippen LogP contribution in [0.3, 0.4) is 0 Å². The Labute approximate surface area is 97.0 Å². The first kappa shape index (κ1) is 15.3. The normalized spacial score (nSPS) is 14.9. The Balaban J connectivity index is 3.80. The van der Waals surface area contributed by atoms with Crippen LogP contribution in [0.1, 0.15) is 33.1 Å². The van der Waals surface area contributed by atoms with E-state index in [2.05, 4.69) is 5.32 Å². The van der Waals surface area contributed by atoms with E-state index in [1.54, 1.807) is 0 Å². The lowest BCUT2D eigenvalue weighted by Crippen LogP contribution is -2.42. The molecule has 5 N–H and O–H groups in total. The van der Waals surface area contributed by atoms with Crippen molar-refractivity contribution in [3.8, 4) is 0 Å². The van der Waals surface area contributed by atoms with Crippen LogP contribution in [0.25, 0.3) is 0 Å². The average Bonchev–Trinajstić information content (AvgIpc) is 2.24. The second kappa shape index (κ2) is 8.50. The summed E-state index contributed by atoms with van der Waals surface area (Å²) in [6, 6.07) is -0.388. The largest absolute Gasteiger partial charge is 0.394 e. The van der Waals surface area contributed by atoms with Gasteiger partial charge in [-0.3, -0.25) is 4.79 Å². The molecule has 0 aromatic rings. The number of amides is 1. The summed E-state index contributed by atoms with van der Waals surface area (Å²) >= 11 is 0. The first-order valence-corrected chi connectivity index (χ1v) is 5.78. The van der Waals surface area contributed by atoms with E-state index in [-0.39, 0.29) is 31.1 Å². The quantitative estimate of drug-likeness (QED) is 0.458. The van der Waals surface area contributed by atoms with Crippen LogP contribution in [0, 0.1) is 5.92 Å². The summed E-state index contributed by atoms with van der Waals surface area (Å²) in [6.45, 7) is 3.30. The Morgan fingerprint density at radius 1 is 1.25 bits per heavy atom. The van der Waals surface area contributed by atoms with Crippen molar-refractivity contribution in [3.05, 3.63) is 0 Å². The maximum absolute atomic E-state index is 11.6. The van der Waals surface area contributed by atoms with Crippen molar-refractivity contribution in [1.29, 1.82) is 0 Å². The predicted molar refractivity (Wildman–Crippen MR) is 62.8 cm³/mol. The summed E-state index contributed by atoms with van der Waals surface area (Å²) in [5, 5.41) is 20.2. The highest BCUT2D eigenvalue weighted by atomic mass is 16.3. The van der Waals surface area contributed by atoms with Gasteiger partial charge in [0.05, 0.1) is 19.3 Å². The summed E-state index contributed by atoms with van der Waals surface area (Å²) in [6.07, 6.45) is 2.59. The SMILES string of the molecule is CC(N)CCCC(C)C(=O)NC(CO)CO. The van der Waals surface area contributed by atoms with Crippen LogP contribution in [-0.4, -0.2) is 41.4 Å². The smallest absolute Gasteiger partial charge is 0.223 e. The molecule has 0 aliphatic carbocycles. The Morgan fingerprint density at radius 3 is 2.25 bits per heavy atom. The molecule has 2 atom stereocenters. The average molecular weight is 232 g/mol. The van der Waals surface area contributed by atoms with Crippen molar-refractivity contribution >= 4 is 5.91 Å². The Kier molecular flexibility index (Phi) is 8.15. The number of carbonyl (C=O) groups is 1. The Hall–Kier alpha value is -0.650. The lowest BCUT2D eigenvalue weighted by Gasteiger charge is -2.17. The van der Waals surface area contributed by atoms with Gasteiger partial charge in [-0.2, -0.15) is 0 Å². The first-order valence-electron chi connectivity index (χ1n) is 5.78. The molecule has 0 radical (unpaired) electrons. The highest BCUT2D eigenvalue weighted by molar-refractivity contribution is 5.78. The second-order valence-corrected chi connectivity index (χ2v) is 4.38. The van der Waals surface area contributed by atoms with E-state index in [0.29, 0.717) is 0 Å². The molecule has 0 aliphatic heterocycles. The van der Waals surface area contributed by atoms with Gasteiger partial charge in [0, 0.05) is 12.0 Å². The van der Waals surface area contributed by atoms with Crippen molar-refractivity contribution in [1.82, 2.24) is 5.32 Å². The fourth-order valence-corrected chi connectivity index (χ4v) is 1.37. The third-order valence-electron chi connectivity index (χ3n) is 2.53. The van der Waals surface area contributed by atoms with E-state index in [0.717, 1.165) is 19.3 Å². The Morgan fingerprint density at radius 2 is 1.81 bits per heavy atom. The molecule has 0 saturated carbocycles. The molecule has 0 fully saturated rings. The van der Waals surface area contributed by atoms with Crippen LogP contribution in [0.2, 0.25) is 0 Å². The molecule has 5 heteroatoms. The van der Waals surface area contributed by atoms with Crippen LogP contribution in [-0.2, 0) is 4.79 Å². The lowest BCUT2D eigenvalue weighted by atomic mass is 10.0. The maximum Gasteiger partial charge on any atom is 0.223 e. The maximum atomic E-state index is 11.6. The number of nitrogens with two attached hydrogens (primary N) is 1. The predicted octanol–water partition coefficient (Wildman–Crippen LogP) is -0.391. The summed E-state index contributed by atoms with van der Waals surface area (Å²) in [7, 11) is 0. The van der Waals surface area contributed by atoms with Gasteiger partial charge in [0.25, 0.3) is 0 Å². The molecular formula is C11H24N2O3. The van der Waals surface area contributed by atoms with E-state index in [1.807, 2.05) is 13.8 Å². The standard InChI is InChI=1S/C11H24N2O3/c1-8(4-3-5-9(2)12)11(16)13-10(6-14)7-15/h8-10,14-15H,3-7,12H2,1-2H3,(H,13,16). The van der Waals surface area contributed by atoms with Gasteiger partial charge in [0.2, 0.25) is 5.91 Å². The second-order valence-electron chi connectivity index (χ2n) is 4.38. The van der Waals surface area contributed by atoms with Crippen LogP contribution >= 0.6 is 0 Å². The van der Waals surface area contributed by atoms with Gasteiger partial charge in [-0.25, -0.2) is 0 Å². The molecule has 0 heterocycles. The van der Waals surface area contributed by atoms with Gasteiger partial charge in [0.1, 0.15) is 0 Å². The topological polar surface area (TPSA) is 95.6 Å². The number of hydrogen-bond donors (Lipinski definition) is 4. The minimum atomic E-state index is -0.552. The van der Waals surface area contributed by atoms with Gasteiger partial charge >= 0.3 is 0 Å². The zero-order chi connectivity index (χ0) is 12.6. The lowest BCUT2D eigenvalue weighted by molar-refractivity contribution is -0.126. The third-order valence-corrected chi connectivity index (χ3v) is 2.53. The third kappa shape index (κ3) is 6.76. The van der Waals surface area contributed by atoms with E-state index < -0.39 is 6.04 Å². The van der Waals surface area contributed by atoms with Crippen molar-refractivity contribution in [2.45, 2.75) is 45.2 Å². The molecule has 0 bridgehead atoms. The highest BCUT2D eigenvalue weighted by Crippen LogP contribution is 2.09. The summed E-state index contributed by atoms with van der Waals surface area (Å²) in [4.78, 5) is 11.6. The number of carbonyl (C=O) groups excluding carboxylic acids is 1. The number of aliphatic hydroxyl groups excluding tert-OH is 2. The van der Waals surface area contributed by atoms with Crippen molar-refractivity contribution < 1.29 is 15.0 Å². The summed E-state index contributed by atoms with van der Waals surface area (Å²) < 4.78 is 0. The number of hydrogen-bond acceptors (Lipinski definition) is 4. The number of rotatable bonds is 8. The molecule has 0 rings (SSSR count). The van der Waals surface area contributed by atoms with Crippen molar-refractivity contribution in [2.75, 3.05) is 13.2 Å². The molecule has 0 spiro atoms. The molecule has 2 unspecified atom stereocenters. The highest BCUT2D eigenvalue weighted by Gasteiger charge is 2.16. The van der Waals surface area contributed by atoms with Crippen LogP contribution in [0.4, 0.5) is 0 Å². The minimum absolute atomic E-state index is 0.112. The van der Waals surface area contributed by atoms with E-state index in [1.165, 1.54) is 0 Å². The Bertz CT molecular complexity index is 194. The van der Waals surface area contributed by atoms with E-state index in [4.69, 9.17) is 15.9 Å². The molecular weight excluding hydrogens is 208 g/mol. The fraction of sp³-hybridized carbons (Fsp3) is 0.909. The van der Waals surface area contributed by atoms with Crippen molar-refractivity contribution in [2.24, 2.45) is 11.7 Å². The van der Waals surface area contributed by atoms with Crippen LogP contribution in [0.15, 0.2) is 0 Å². The molecule has 0 saturated heterocycles. The van der Waals surface area contributed by atoms with E-state index in [9.17, 15) is 4.79 Å². The van der Waals surface area contributed by atoms with Gasteiger partial charge in [0.15, 0.2) is 0 Å². The number of nitrogens with one attached hydrogen (secondary N) is 1. The molecule has 16 heavy (non-hydrogen) atoms. The van der Waals surface area contributed by atoms with Crippen LogP contribution in [0.5, 0.6) is 0 Å². The summed E-state index contributed by atoms with van der Waals surface area (Å²) in [5.41, 5.74) is 5.61. The van der Waals surface area contributed by atoms with Gasteiger partial charge in [-0.1, -0.05) is 13.3 Å². The molecule has 5 nitrogen and oxygen atoms in total. The van der Waals surface area contributed by atoms with Crippen LogP contribution < -0.4 is 11.1 Å². The molecule has 0 aromatic carbocycles. The first-order chi connectivity index (χ1) is 7.51. The zero-order valence-corrected chi connectivity index (χ0v) is 10.1. The molecule has 96 valence electrons. The van der Waals surface area contributed by atoms with E-state index >= 15 is 0 Å². The zero-order valence-electron chi connectivity index (χ0n) is 10.1. The molecule has 0 aromatic heterocycles. The fourth-order valence-electron chi connectivity index (χ4n) is 1.37. The van der Waals surface area contributed by atoms with Gasteiger partial charge in [-0.15, -0.1) is 0 Å². The molecule has 1 amide bonds. The van der Waals surface area contributed by atoms with Gasteiger partial charge < -0.3 is 21.3 Å². The summed E-state index contributed by atoms with van der Waals surface area (Å²) in [5.74, 6) is -0.239. The minimum Gasteiger partial charge on any atom is -0.394 e. The van der Waals surface area contributed by atoms with Gasteiger partial charge in [-0.05, 0) is 19.8 Å².